The van der Waals surface area contributed by atoms with Crippen LogP contribution in [0.25, 0.3) is 17.3 Å². The molecular weight excluding hydrogens is 510 g/mol. The predicted molar refractivity (Wildman–Crippen MR) is 157 cm³/mol. The third-order valence-electron chi connectivity index (χ3n) is 6.90. The molecule has 39 heavy (non-hydrogen) atoms. The Morgan fingerprint density at radius 2 is 1.95 bits per heavy atom. The van der Waals surface area contributed by atoms with Gasteiger partial charge in [0, 0.05) is 51.2 Å². The molecule has 4 heterocycles. The van der Waals surface area contributed by atoms with Crippen molar-refractivity contribution in [3.05, 3.63) is 70.5 Å². The summed E-state index contributed by atoms with van der Waals surface area (Å²) in [5.74, 6) is 0.839. The van der Waals surface area contributed by atoms with Crippen molar-refractivity contribution in [3.8, 4) is 11.3 Å². The quantitative estimate of drug-likeness (QED) is 0.404. The minimum absolute atomic E-state index is 0.353. The van der Waals surface area contributed by atoms with E-state index in [1.807, 2.05) is 14.1 Å². The van der Waals surface area contributed by atoms with Crippen LogP contribution in [0.4, 0.5) is 16.4 Å². The molecule has 2 aliphatic rings. The summed E-state index contributed by atoms with van der Waals surface area (Å²) in [4.78, 5) is 41.9. The van der Waals surface area contributed by atoms with Gasteiger partial charge in [0.1, 0.15) is 0 Å². The summed E-state index contributed by atoms with van der Waals surface area (Å²) in [7, 11) is 4.10. The van der Waals surface area contributed by atoms with Crippen LogP contribution in [0.2, 0.25) is 0 Å². The summed E-state index contributed by atoms with van der Waals surface area (Å²) in [6.07, 6.45) is 5.41. The lowest BCUT2D eigenvalue weighted by atomic mass is 9.97. The number of benzene rings is 1. The molecule has 2 saturated heterocycles. The third kappa shape index (κ3) is 6.82. The van der Waals surface area contributed by atoms with Gasteiger partial charge in [0.05, 0.1) is 22.0 Å². The Bertz CT molecular complexity index is 1400. The molecule has 0 bridgehead atoms. The van der Waals surface area contributed by atoms with Crippen LogP contribution in [0.1, 0.15) is 29.8 Å². The summed E-state index contributed by atoms with van der Waals surface area (Å²) in [5, 5.41) is 5.53. The van der Waals surface area contributed by atoms with Crippen molar-refractivity contribution in [1.29, 1.82) is 0 Å². The van der Waals surface area contributed by atoms with Gasteiger partial charge in [-0.2, -0.15) is 0 Å². The second-order valence-electron chi connectivity index (χ2n) is 10.2. The van der Waals surface area contributed by atoms with Crippen molar-refractivity contribution in [1.82, 2.24) is 25.6 Å². The number of hydrogen-bond acceptors (Lipinski definition) is 9. The molecule has 2 aliphatic heterocycles. The van der Waals surface area contributed by atoms with Gasteiger partial charge in [-0.15, -0.1) is 0 Å². The first-order chi connectivity index (χ1) is 18.8. The van der Waals surface area contributed by atoms with Gasteiger partial charge in [-0.1, -0.05) is 12.1 Å². The smallest absolute Gasteiger partial charge is 0.290 e. The van der Waals surface area contributed by atoms with Crippen LogP contribution < -0.4 is 20.4 Å². The van der Waals surface area contributed by atoms with E-state index in [9.17, 15) is 9.59 Å². The number of nitrogens with one attached hydrogen (secondary N) is 2. The molecule has 2 fully saturated rings. The van der Waals surface area contributed by atoms with Gasteiger partial charge in [0.15, 0.2) is 0 Å². The number of carbonyl (C=O) groups excluding carboxylic acids is 2. The molecule has 1 aromatic carbocycles. The molecule has 0 aliphatic carbocycles. The lowest BCUT2D eigenvalue weighted by Crippen LogP contribution is -2.38. The Balaban J connectivity index is 1.14. The standard InChI is InChI=1S/C29H33N7O2S/c1-19-13-23(32-25(14-19)21-5-4-6-24(15-21)35(2)3)18-30-17-20-8-11-36(12-9-20)28-31-10-7-22(33-28)16-26-27(37)34-29(38)39-26/h4-7,10,13-16,20,30H,8-9,11-12,17-18H2,1-3H3,(H,34,37,38). The average molecular weight is 544 g/mol. The number of carbonyl (C=O) groups is 2. The second-order valence-corrected chi connectivity index (χ2v) is 11.2. The van der Waals surface area contributed by atoms with E-state index in [1.54, 1.807) is 18.3 Å². The van der Waals surface area contributed by atoms with Crippen LogP contribution in [-0.2, 0) is 11.3 Å². The third-order valence-corrected chi connectivity index (χ3v) is 7.71. The zero-order chi connectivity index (χ0) is 27.4. The van der Waals surface area contributed by atoms with Gasteiger partial charge < -0.3 is 15.1 Å². The fourth-order valence-electron chi connectivity index (χ4n) is 4.81. The van der Waals surface area contributed by atoms with E-state index in [0.29, 0.717) is 22.5 Å². The SMILES string of the molecule is Cc1cc(CNCC2CCN(c3nccc(C=C4SC(=O)NC4=O)n3)CC2)nc(-c2cccc(N(C)C)c2)c1. The molecule has 2 amide bonds. The number of aromatic nitrogens is 3. The molecule has 2 N–H and O–H groups in total. The topological polar surface area (TPSA) is 103 Å². The number of amides is 2. The maximum atomic E-state index is 11.8. The second kappa shape index (κ2) is 12.0. The summed E-state index contributed by atoms with van der Waals surface area (Å²) >= 11 is 0.892. The van der Waals surface area contributed by atoms with Crippen molar-refractivity contribution in [3.63, 3.8) is 0 Å². The van der Waals surface area contributed by atoms with Crippen LogP contribution in [0.3, 0.4) is 0 Å². The first-order valence-corrected chi connectivity index (χ1v) is 13.9. The number of aryl methyl sites for hydroxylation is 1. The Labute approximate surface area is 233 Å². The monoisotopic (exact) mass is 543 g/mol. The van der Waals surface area contributed by atoms with Gasteiger partial charge in [0.25, 0.3) is 11.1 Å². The van der Waals surface area contributed by atoms with Crippen LogP contribution in [0, 0.1) is 12.8 Å². The van der Waals surface area contributed by atoms with Gasteiger partial charge >= 0.3 is 0 Å². The van der Waals surface area contributed by atoms with E-state index in [-0.39, 0.29) is 11.1 Å². The molecule has 5 rings (SSSR count). The minimum atomic E-state index is -0.380. The predicted octanol–water partition coefficient (Wildman–Crippen LogP) is 4.24. The average Bonchev–Trinajstić information content (AvgIpc) is 3.25. The van der Waals surface area contributed by atoms with Gasteiger partial charge in [-0.05, 0) is 86.0 Å². The molecule has 0 saturated carbocycles. The zero-order valence-corrected chi connectivity index (χ0v) is 23.3. The number of piperidine rings is 1. The molecule has 0 radical (unpaired) electrons. The number of imide groups is 1. The fourth-order valence-corrected chi connectivity index (χ4v) is 5.48. The van der Waals surface area contributed by atoms with Crippen molar-refractivity contribution in [2.75, 3.05) is 43.5 Å². The maximum Gasteiger partial charge on any atom is 0.290 e. The van der Waals surface area contributed by atoms with Crippen LogP contribution in [0.5, 0.6) is 0 Å². The lowest BCUT2D eigenvalue weighted by Gasteiger charge is -2.32. The number of anilines is 2. The highest BCUT2D eigenvalue weighted by Crippen LogP contribution is 2.27. The fraction of sp³-hybridized carbons (Fsp3) is 0.345. The number of nitrogens with zero attached hydrogens (tertiary/aromatic N) is 5. The Kier molecular flexibility index (Phi) is 8.23. The number of hydrogen-bond donors (Lipinski definition) is 2. The first-order valence-electron chi connectivity index (χ1n) is 13.1. The number of pyridine rings is 1. The minimum Gasteiger partial charge on any atom is -0.378 e. The first kappa shape index (κ1) is 26.8. The summed E-state index contributed by atoms with van der Waals surface area (Å²) < 4.78 is 0. The van der Waals surface area contributed by atoms with Gasteiger partial charge in [0.2, 0.25) is 5.95 Å². The van der Waals surface area contributed by atoms with E-state index in [1.165, 1.54) is 5.56 Å². The summed E-state index contributed by atoms with van der Waals surface area (Å²) in [6, 6.07) is 14.5. The van der Waals surface area contributed by atoms with Crippen molar-refractivity contribution in [2.24, 2.45) is 5.92 Å². The maximum absolute atomic E-state index is 11.8. The van der Waals surface area contributed by atoms with E-state index in [2.05, 4.69) is 73.7 Å². The highest BCUT2D eigenvalue weighted by molar-refractivity contribution is 8.18. The summed E-state index contributed by atoms with van der Waals surface area (Å²) in [5.41, 5.74) is 6.16. The van der Waals surface area contributed by atoms with Crippen molar-refractivity contribution >= 4 is 40.6 Å². The Morgan fingerprint density at radius 3 is 2.69 bits per heavy atom. The van der Waals surface area contributed by atoms with Crippen LogP contribution in [0.15, 0.2) is 53.6 Å². The Hall–Kier alpha value is -3.76. The molecule has 2 aromatic heterocycles. The van der Waals surface area contributed by atoms with Crippen molar-refractivity contribution in [2.45, 2.75) is 26.3 Å². The van der Waals surface area contributed by atoms with E-state index >= 15 is 0 Å². The highest BCUT2D eigenvalue weighted by Gasteiger charge is 2.26. The largest absolute Gasteiger partial charge is 0.378 e. The molecular formula is C29H33N7O2S. The molecule has 10 heteroatoms. The highest BCUT2D eigenvalue weighted by atomic mass is 32.2. The van der Waals surface area contributed by atoms with Gasteiger partial charge in [-0.25, -0.2) is 9.97 Å². The zero-order valence-electron chi connectivity index (χ0n) is 22.5. The van der Waals surface area contributed by atoms with E-state index < -0.39 is 0 Å². The number of rotatable bonds is 8. The lowest BCUT2D eigenvalue weighted by molar-refractivity contribution is -0.115. The molecule has 202 valence electrons. The molecule has 0 spiro atoms. The van der Waals surface area contributed by atoms with Crippen molar-refractivity contribution < 1.29 is 9.59 Å². The van der Waals surface area contributed by atoms with Gasteiger partial charge in [-0.3, -0.25) is 19.9 Å². The molecule has 9 nitrogen and oxygen atoms in total. The Morgan fingerprint density at radius 1 is 1.13 bits per heavy atom. The van der Waals surface area contributed by atoms with E-state index in [4.69, 9.17) is 4.98 Å². The number of thioether (sulfide) groups is 1. The molecule has 0 atom stereocenters. The molecule has 3 aromatic rings. The molecule has 0 unspecified atom stereocenters. The normalized spacial score (nSPS) is 17.1. The van der Waals surface area contributed by atoms with Crippen LogP contribution >= 0.6 is 11.8 Å². The van der Waals surface area contributed by atoms with Crippen LogP contribution in [-0.4, -0.2) is 59.8 Å². The summed E-state index contributed by atoms with van der Waals surface area (Å²) in [6.45, 7) is 5.53. The van der Waals surface area contributed by atoms with E-state index in [0.717, 1.165) is 73.4 Å².